The predicted molar refractivity (Wildman–Crippen MR) is 286 cm³/mol. The third kappa shape index (κ3) is 5.84. The molecule has 0 saturated heterocycles. The van der Waals surface area contributed by atoms with E-state index in [1.165, 1.54) is 107 Å². The minimum Gasteiger partial charge on any atom is -0.310 e. The Kier molecular flexibility index (Phi) is 9.04. The van der Waals surface area contributed by atoms with Crippen molar-refractivity contribution in [3.8, 4) is 22.3 Å². The molecule has 15 rings (SSSR count). The molecule has 0 amide bonds. The van der Waals surface area contributed by atoms with E-state index < -0.39 is 8.07 Å². The first-order valence-corrected chi connectivity index (χ1v) is 27.3. The Balaban J connectivity index is 0.946. The van der Waals surface area contributed by atoms with Gasteiger partial charge in [0.15, 0.2) is 8.07 Å². The van der Waals surface area contributed by atoms with Crippen LogP contribution in [-0.2, 0) is 5.41 Å². The van der Waals surface area contributed by atoms with E-state index in [0.717, 1.165) is 29.4 Å². The molecule has 0 aliphatic heterocycles. The van der Waals surface area contributed by atoms with Crippen LogP contribution < -0.4 is 25.6 Å². The van der Waals surface area contributed by atoms with Crippen molar-refractivity contribution in [1.82, 2.24) is 0 Å². The van der Waals surface area contributed by atoms with Gasteiger partial charge in [0.05, 0.1) is 5.69 Å². The van der Waals surface area contributed by atoms with E-state index in [2.05, 4.69) is 229 Å². The van der Waals surface area contributed by atoms with Crippen LogP contribution in [0.2, 0.25) is 0 Å². The maximum atomic E-state index is 2.64. The van der Waals surface area contributed by atoms with Crippen LogP contribution in [0.3, 0.4) is 0 Å². The van der Waals surface area contributed by atoms with Crippen molar-refractivity contribution in [1.29, 1.82) is 0 Å². The van der Waals surface area contributed by atoms with Gasteiger partial charge in [0.1, 0.15) is 0 Å². The van der Waals surface area contributed by atoms with Crippen molar-refractivity contribution in [2.45, 2.75) is 37.5 Å². The Morgan fingerprint density at radius 1 is 0.403 bits per heavy atom. The molecule has 3 heteroatoms. The van der Waals surface area contributed by atoms with Crippen molar-refractivity contribution in [3.05, 3.63) is 236 Å². The van der Waals surface area contributed by atoms with Gasteiger partial charge in [0, 0.05) is 37.0 Å². The molecule has 10 aromatic rings. The summed E-state index contributed by atoms with van der Waals surface area (Å²) in [6, 6.07) is 85.7. The molecule has 5 aliphatic carbocycles. The fourth-order valence-corrected chi connectivity index (χ4v) is 20.3. The topological polar surface area (TPSA) is 3.24 Å². The fourth-order valence-electron chi connectivity index (χ4n) is 14.5. The lowest BCUT2D eigenvalue weighted by atomic mass is 9.43. The summed E-state index contributed by atoms with van der Waals surface area (Å²) in [7, 11) is -2.71. The summed E-state index contributed by atoms with van der Waals surface area (Å²) >= 11 is 1.89. The molecule has 0 radical (unpaired) electrons. The number of fused-ring (bicyclic) bond motifs is 6. The molecule has 5 aliphatic rings. The summed E-state index contributed by atoms with van der Waals surface area (Å²) in [6.45, 7) is 0. The first kappa shape index (κ1) is 39.4. The van der Waals surface area contributed by atoms with E-state index in [0.29, 0.717) is 0 Å². The number of hydrogen-bond acceptors (Lipinski definition) is 2. The molecule has 1 aromatic heterocycles. The normalized spacial score (nSPS) is 21.2. The van der Waals surface area contributed by atoms with E-state index in [-0.39, 0.29) is 5.41 Å². The maximum Gasteiger partial charge on any atom is 0.179 e. The Morgan fingerprint density at radius 3 is 1.64 bits per heavy atom. The van der Waals surface area contributed by atoms with Gasteiger partial charge in [0.2, 0.25) is 0 Å². The second-order valence-corrected chi connectivity index (χ2v) is 24.9. The first-order chi connectivity index (χ1) is 33.2. The Hall–Kier alpha value is -6.78. The smallest absolute Gasteiger partial charge is 0.179 e. The standard InChI is InChI=1S/C64H51NSSi/c1-4-18-51(19-5-1)67(52-20-6-2-7-21-52,53-22-8-3-9-23-53)54-33-31-49(32-34-54)65(60-27-15-29-62-63(60)57-25-11-13-28-61(57)66-62)50-17-14-16-45(41-50)46-30-35-56-55-24-10-12-26-58(55)64(59(56)42-46)47-37-43-36-44(39-47)40-48(64)38-43/h1-35,41-44,47-48H,36-40H2. The van der Waals surface area contributed by atoms with E-state index in [1.807, 2.05) is 11.3 Å². The molecule has 67 heavy (non-hydrogen) atoms. The zero-order chi connectivity index (χ0) is 44.1. The Bertz CT molecular complexity index is 3360. The van der Waals surface area contributed by atoms with Gasteiger partial charge in [0.25, 0.3) is 0 Å². The zero-order valence-corrected chi connectivity index (χ0v) is 39.4. The number of thiophene rings is 1. The number of anilines is 3. The van der Waals surface area contributed by atoms with Crippen LogP contribution in [0, 0.1) is 23.7 Å². The van der Waals surface area contributed by atoms with Gasteiger partial charge in [-0.3, -0.25) is 0 Å². The highest BCUT2D eigenvalue weighted by atomic mass is 32.1. The molecule has 4 fully saturated rings. The van der Waals surface area contributed by atoms with Crippen LogP contribution in [0.15, 0.2) is 224 Å². The van der Waals surface area contributed by atoms with Crippen LogP contribution in [0.4, 0.5) is 17.1 Å². The summed E-state index contributed by atoms with van der Waals surface area (Å²) in [5, 5.41) is 8.12. The highest BCUT2D eigenvalue weighted by Gasteiger charge is 2.61. The molecule has 1 heterocycles. The Labute approximate surface area is 399 Å². The average Bonchev–Trinajstić information content (AvgIpc) is 3.91. The zero-order valence-electron chi connectivity index (χ0n) is 37.6. The second kappa shape index (κ2) is 15.4. The first-order valence-electron chi connectivity index (χ1n) is 24.5. The molecule has 4 bridgehead atoms. The average molecular weight is 894 g/mol. The van der Waals surface area contributed by atoms with E-state index in [4.69, 9.17) is 0 Å². The largest absolute Gasteiger partial charge is 0.310 e. The van der Waals surface area contributed by atoms with Crippen LogP contribution in [0.1, 0.15) is 43.2 Å². The van der Waals surface area contributed by atoms with Gasteiger partial charge in [-0.2, -0.15) is 0 Å². The summed E-state index contributed by atoms with van der Waals surface area (Å²) < 4.78 is 2.62. The molecule has 0 N–H and O–H groups in total. The highest BCUT2D eigenvalue weighted by molar-refractivity contribution is 7.26. The SMILES string of the molecule is c1ccc([Si](c2ccccc2)(c2ccccc2)c2ccc(N(c3cccc(-c4ccc5c(c4)C4(c6ccccc6-5)C5CC6CC(C5)CC4C6)c3)c3cccc4sc5ccccc5c34)cc2)cc1. The highest BCUT2D eigenvalue weighted by Crippen LogP contribution is 2.69. The summed E-state index contributed by atoms with van der Waals surface area (Å²) in [5.74, 6) is 3.31. The van der Waals surface area contributed by atoms with Gasteiger partial charge in [-0.05, 0) is 158 Å². The molecular weight excluding hydrogens is 843 g/mol. The molecule has 9 aromatic carbocycles. The molecule has 1 nitrogen and oxygen atoms in total. The lowest BCUT2D eigenvalue weighted by Gasteiger charge is -2.61. The van der Waals surface area contributed by atoms with Crippen LogP contribution in [0.5, 0.6) is 0 Å². The van der Waals surface area contributed by atoms with Gasteiger partial charge >= 0.3 is 0 Å². The number of nitrogens with zero attached hydrogens (tertiary/aromatic N) is 1. The van der Waals surface area contributed by atoms with Gasteiger partial charge in [-0.25, -0.2) is 0 Å². The molecular formula is C64H51NSSi. The molecule has 322 valence electrons. The van der Waals surface area contributed by atoms with E-state index >= 15 is 0 Å². The summed E-state index contributed by atoms with van der Waals surface area (Å²) in [4.78, 5) is 2.54. The fraction of sp³-hybridized carbons (Fsp3) is 0.156. The molecule has 0 atom stereocenters. The van der Waals surface area contributed by atoms with Crippen molar-refractivity contribution in [2.75, 3.05) is 4.90 Å². The number of hydrogen-bond donors (Lipinski definition) is 0. The van der Waals surface area contributed by atoms with Crippen molar-refractivity contribution in [3.63, 3.8) is 0 Å². The van der Waals surface area contributed by atoms with Gasteiger partial charge in [-0.15, -0.1) is 11.3 Å². The maximum absolute atomic E-state index is 2.71. The lowest BCUT2D eigenvalue weighted by Crippen LogP contribution is -2.74. The number of benzene rings is 9. The van der Waals surface area contributed by atoms with Crippen molar-refractivity contribution in [2.24, 2.45) is 23.7 Å². The molecule has 4 saturated carbocycles. The summed E-state index contributed by atoms with van der Waals surface area (Å²) in [6.07, 6.45) is 7.03. The third-order valence-electron chi connectivity index (χ3n) is 16.8. The van der Waals surface area contributed by atoms with E-state index in [9.17, 15) is 0 Å². The van der Waals surface area contributed by atoms with Crippen molar-refractivity contribution >= 4 is 77.4 Å². The third-order valence-corrected chi connectivity index (χ3v) is 22.7. The van der Waals surface area contributed by atoms with Crippen LogP contribution in [0.25, 0.3) is 42.4 Å². The second-order valence-electron chi connectivity index (χ2n) is 20.0. The quantitative estimate of drug-likeness (QED) is 0.109. The summed E-state index contributed by atoms with van der Waals surface area (Å²) in [5.41, 5.74) is 12.4. The van der Waals surface area contributed by atoms with Gasteiger partial charge in [-0.1, -0.05) is 176 Å². The monoisotopic (exact) mass is 893 g/mol. The minimum absolute atomic E-state index is 0.133. The lowest BCUT2D eigenvalue weighted by molar-refractivity contribution is -0.0399. The predicted octanol–water partition coefficient (Wildman–Crippen LogP) is 14.3. The molecule has 0 unspecified atom stereocenters. The van der Waals surface area contributed by atoms with Crippen molar-refractivity contribution < 1.29 is 0 Å². The van der Waals surface area contributed by atoms with Crippen LogP contribution >= 0.6 is 11.3 Å². The Morgan fingerprint density at radius 2 is 0.955 bits per heavy atom. The van der Waals surface area contributed by atoms with Gasteiger partial charge < -0.3 is 4.90 Å². The van der Waals surface area contributed by atoms with E-state index in [1.54, 1.807) is 11.1 Å². The van der Waals surface area contributed by atoms with Crippen LogP contribution in [-0.4, -0.2) is 8.07 Å². The number of rotatable bonds is 8. The molecule has 1 spiro atoms. The minimum atomic E-state index is -2.71.